The number of nitrogens with zero attached hydrogens (tertiary/aromatic N) is 3. The number of rotatable bonds is 5. The van der Waals surface area contributed by atoms with Crippen LogP contribution in [0.15, 0.2) is 62.3 Å². The lowest BCUT2D eigenvalue weighted by Crippen LogP contribution is -2.10. The van der Waals surface area contributed by atoms with Crippen molar-refractivity contribution in [3.63, 3.8) is 0 Å². The van der Waals surface area contributed by atoms with Gasteiger partial charge in [0.15, 0.2) is 17.3 Å². The van der Waals surface area contributed by atoms with Crippen molar-refractivity contribution < 1.29 is 18.1 Å². The van der Waals surface area contributed by atoms with E-state index in [4.69, 9.17) is 18.1 Å². The zero-order valence-corrected chi connectivity index (χ0v) is 14.7. The molecule has 1 aliphatic rings. The summed E-state index contributed by atoms with van der Waals surface area (Å²) in [7, 11) is 0. The SMILES string of the molecule is c1coc(-c2cc(Cn3ccnc3-c3ccc([C@H]4CCCCO4)o3)no2)c1. The molecular weight excluding hydrogens is 346 g/mol. The van der Waals surface area contributed by atoms with Crippen LogP contribution in [-0.4, -0.2) is 21.3 Å². The highest BCUT2D eigenvalue weighted by atomic mass is 16.5. The van der Waals surface area contributed by atoms with E-state index < -0.39 is 0 Å². The number of imidazole rings is 1. The van der Waals surface area contributed by atoms with E-state index in [1.807, 2.05) is 41.1 Å². The topological polar surface area (TPSA) is 79.4 Å². The van der Waals surface area contributed by atoms with Crippen LogP contribution in [0.5, 0.6) is 0 Å². The van der Waals surface area contributed by atoms with Gasteiger partial charge in [-0.25, -0.2) is 4.98 Å². The lowest BCUT2D eigenvalue weighted by molar-refractivity contribution is 0.00218. The Morgan fingerprint density at radius 2 is 2.11 bits per heavy atom. The minimum Gasteiger partial charge on any atom is -0.461 e. The Balaban J connectivity index is 1.36. The van der Waals surface area contributed by atoms with Crippen LogP contribution in [0.25, 0.3) is 23.1 Å². The predicted octanol–water partition coefficient (Wildman–Crippen LogP) is 4.68. The van der Waals surface area contributed by atoms with Gasteiger partial charge in [-0.1, -0.05) is 5.16 Å². The molecule has 0 saturated carbocycles. The summed E-state index contributed by atoms with van der Waals surface area (Å²) >= 11 is 0. The second kappa shape index (κ2) is 6.92. The maximum atomic E-state index is 6.04. The first-order valence-corrected chi connectivity index (χ1v) is 9.09. The number of hydrogen-bond acceptors (Lipinski definition) is 6. The molecule has 27 heavy (non-hydrogen) atoms. The van der Waals surface area contributed by atoms with Crippen LogP contribution in [0, 0.1) is 0 Å². The molecular formula is C20H19N3O4. The minimum atomic E-state index is 0.0438. The highest BCUT2D eigenvalue weighted by molar-refractivity contribution is 5.50. The summed E-state index contributed by atoms with van der Waals surface area (Å²) in [6.07, 6.45) is 8.58. The summed E-state index contributed by atoms with van der Waals surface area (Å²) < 4.78 is 24.5. The maximum Gasteiger partial charge on any atom is 0.202 e. The van der Waals surface area contributed by atoms with E-state index >= 15 is 0 Å². The number of furan rings is 2. The molecule has 138 valence electrons. The van der Waals surface area contributed by atoms with E-state index in [9.17, 15) is 0 Å². The molecule has 0 amide bonds. The highest BCUT2D eigenvalue weighted by Gasteiger charge is 2.21. The Labute approximate surface area is 155 Å². The van der Waals surface area contributed by atoms with Gasteiger partial charge in [0, 0.05) is 25.1 Å². The Morgan fingerprint density at radius 3 is 2.96 bits per heavy atom. The second-order valence-electron chi connectivity index (χ2n) is 6.60. The van der Waals surface area contributed by atoms with Crippen LogP contribution in [0.4, 0.5) is 0 Å². The molecule has 0 unspecified atom stereocenters. The zero-order chi connectivity index (χ0) is 18.1. The summed E-state index contributed by atoms with van der Waals surface area (Å²) in [6.45, 7) is 1.31. The molecule has 5 rings (SSSR count). The first kappa shape index (κ1) is 16.1. The van der Waals surface area contributed by atoms with Crippen molar-refractivity contribution in [2.24, 2.45) is 0 Å². The first-order chi connectivity index (χ1) is 13.4. The Morgan fingerprint density at radius 1 is 1.11 bits per heavy atom. The standard InChI is InChI=1S/C20H19N3O4/c1-2-10-24-15(4-1)17-6-7-18(26-17)20-21-8-9-23(20)13-14-12-19(27-22-14)16-5-3-11-25-16/h3,5-9,11-12,15H,1-2,4,10,13H2/t15-/m1/s1. The molecule has 1 saturated heterocycles. The molecule has 0 bridgehead atoms. The van der Waals surface area contributed by atoms with E-state index in [0.29, 0.717) is 18.1 Å². The molecule has 0 N–H and O–H groups in total. The first-order valence-electron chi connectivity index (χ1n) is 9.09. The lowest BCUT2D eigenvalue weighted by Gasteiger charge is -2.20. The van der Waals surface area contributed by atoms with Crippen molar-refractivity contribution in [2.75, 3.05) is 6.61 Å². The molecule has 0 radical (unpaired) electrons. The molecule has 0 spiro atoms. The van der Waals surface area contributed by atoms with Crippen molar-refractivity contribution in [1.82, 2.24) is 14.7 Å². The predicted molar refractivity (Wildman–Crippen MR) is 95.8 cm³/mol. The largest absolute Gasteiger partial charge is 0.461 e. The monoisotopic (exact) mass is 365 g/mol. The van der Waals surface area contributed by atoms with Crippen LogP contribution >= 0.6 is 0 Å². The van der Waals surface area contributed by atoms with Crippen molar-refractivity contribution >= 4 is 0 Å². The zero-order valence-electron chi connectivity index (χ0n) is 14.7. The van der Waals surface area contributed by atoms with Gasteiger partial charge in [0.1, 0.15) is 17.6 Å². The van der Waals surface area contributed by atoms with Crippen LogP contribution in [0.2, 0.25) is 0 Å². The van der Waals surface area contributed by atoms with Gasteiger partial charge < -0.3 is 22.7 Å². The van der Waals surface area contributed by atoms with Crippen molar-refractivity contribution in [3.05, 3.63) is 60.4 Å². The number of ether oxygens (including phenoxy) is 1. The summed E-state index contributed by atoms with van der Waals surface area (Å²) in [5.41, 5.74) is 0.781. The minimum absolute atomic E-state index is 0.0438. The van der Waals surface area contributed by atoms with E-state index in [1.54, 1.807) is 12.5 Å². The van der Waals surface area contributed by atoms with Gasteiger partial charge in [-0.05, 0) is 43.5 Å². The fourth-order valence-corrected chi connectivity index (χ4v) is 3.37. The molecule has 4 aromatic rings. The van der Waals surface area contributed by atoms with Crippen LogP contribution in [-0.2, 0) is 11.3 Å². The summed E-state index contributed by atoms with van der Waals surface area (Å²) in [6, 6.07) is 9.45. The Hall–Kier alpha value is -3.06. The molecule has 4 aromatic heterocycles. The molecule has 0 aromatic carbocycles. The van der Waals surface area contributed by atoms with Crippen LogP contribution < -0.4 is 0 Å². The smallest absolute Gasteiger partial charge is 0.202 e. The third-order valence-corrected chi connectivity index (χ3v) is 4.71. The van der Waals surface area contributed by atoms with Crippen LogP contribution in [0.3, 0.4) is 0 Å². The van der Waals surface area contributed by atoms with Gasteiger partial charge in [0.05, 0.1) is 12.8 Å². The van der Waals surface area contributed by atoms with Crippen molar-refractivity contribution in [2.45, 2.75) is 31.9 Å². The normalized spacial score (nSPS) is 17.4. The van der Waals surface area contributed by atoms with Gasteiger partial charge in [0.25, 0.3) is 0 Å². The second-order valence-corrected chi connectivity index (χ2v) is 6.60. The summed E-state index contributed by atoms with van der Waals surface area (Å²) in [4.78, 5) is 4.45. The average Bonchev–Trinajstić information content (AvgIpc) is 3.48. The van der Waals surface area contributed by atoms with E-state index in [1.165, 1.54) is 6.42 Å². The Bertz CT molecular complexity index is 1010. The van der Waals surface area contributed by atoms with Gasteiger partial charge in [0.2, 0.25) is 5.76 Å². The van der Waals surface area contributed by atoms with Gasteiger partial charge >= 0.3 is 0 Å². The summed E-state index contributed by atoms with van der Waals surface area (Å²) in [5, 5.41) is 4.13. The van der Waals surface area contributed by atoms with Gasteiger partial charge in [-0.15, -0.1) is 0 Å². The van der Waals surface area contributed by atoms with Gasteiger partial charge in [-0.2, -0.15) is 0 Å². The van der Waals surface area contributed by atoms with Crippen molar-refractivity contribution in [1.29, 1.82) is 0 Å². The molecule has 1 aliphatic heterocycles. The van der Waals surface area contributed by atoms with Gasteiger partial charge in [-0.3, -0.25) is 0 Å². The average molecular weight is 365 g/mol. The highest BCUT2D eigenvalue weighted by Crippen LogP contribution is 2.32. The van der Waals surface area contributed by atoms with Crippen LogP contribution in [0.1, 0.15) is 36.8 Å². The molecule has 1 atom stereocenters. The fourth-order valence-electron chi connectivity index (χ4n) is 3.37. The molecule has 5 heterocycles. The lowest BCUT2D eigenvalue weighted by atomic mass is 10.1. The van der Waals surface area contributed by atoms with E-state index in [0.717, 1.165) is 42.5 Å². The third kappa shape index (κ3) is 3.21. The molecule has 7 nitrogen and oxygen atoms in total. The van der Waals surface area contributed by atoms with E-state index in [-0.39, 0.29) is 6.10 Å². The summed E-state index contributed by atoms with van der Waals surface area (Å²) in [5.74, 6) is 3.59. The third-order valence-electron chi connectivity index (χ3n) is 4.71. The van der Waals surface area contributed by atoms with E-state index in [2.05, 4.69) is 10.1 Å². The number of hydrogen-bond donors (Lipinski definition) is 0. The quantitative estimate of drug-likeness (QED) is 0.511. The Kier molecular flexibility index (Phi) is 4.14. The fraction of sp³-hybridized carbons (Fsp3) is 0.300. The molecule has 1 fully saturated rings. The molecule has 7 heteroatoms. The molecule has 0 aliphatic carbocycles. The number of aromatic nitrogens is 3. The van der Waals surface area contributed by atoms with Crippen molar-refractivity contribution in [3.8, 4) is 23.1 Å². The maximum absolute atomic E-state index is 6.04.